The molecule has 0 radical (unpaired) electrons. The van der Waals surface area contributed by atoms with Crippen LogP contribution >= 0.6 is 0 Å². The number of rotatable bonds is 4. The molecule has 5 unspecified atom stereocenters. The zero-order valence-corrected chi connectivity index (χ0v) is 18.5. The second-order valence-electron chi connectivity index (χ2n) is 8.25. The standard InChI is InChI=1S/C23H22O13/c1-7-2-9(25)15-10(26)5-11(27)16(20(15)34-7)21-22(19(32)18(31)14(6-24)35-21)36-23(33)8-3-12(28)17(30)13(29)4-8/h2-5,14,18-19,21-22,24,26-32H,6H2,1H3. The Balaban J connectivity index is 1.86. The van der Waals surface area contributed by atoms with Gasteiger partial charge in [0.05, 0.1) is 17.7 Å². The fourth-order valence-corrected chi connectivity index (χ4v) is 4.08. The number of hydrogen-bond acceptors (Lipinski definition) is 13. The molecule has 0 spiro atoms. The number of fused-ring (bicyclic) bond motifs is 1. The maximum Gasteiger partial charge on any atom is 0.338 e. The molecule has 0 amide bonds. The first-order valence-corrected chi connectivity index (χ1v) is 10.5. The van der Waals surface area contributed by atoms with Gasteiger partial charge in [0.2, 0.25) is 0 Å². The van der Waals surface area contributed by atoms with Crippen molar-refractivity contribution in [2.45, 2.75) is 37.4 Å². The molecule has 2 heterocycles. The van der Waals surface area contributed by atoms with Gasteiger partial charge in [-0.25, -0.2) is 4.79 Å². The minimum atomic E-state index is -1.91. The van der Waals surface area contributed by atoms with Crippen LogP contribution in [-0.4, -0.2) is 77.8 Å². The average molecular weight is 506 g/mol. The zero-order valence-electron chi connectivity index (χ0n) is 18.5. The number of benzene rings is 2. The molecular weight excluding hydrogens is 484 g/mol. The highest BCUT2D eigenvalue weighted by Gasteiger charge is 2.49. The van der Waals surface area contributed by atoms with Crippen molar-refractivity contribution < 1.29 is 59.5 Å². The molecule has 0 bridgehead atoms. The lowest BCUT2D eigenvalue weighted by molar-refractivity contribution is -0.231. The van der Waals surface area contributed by atoms with Gasteiger partial charge in [-0.15, -0.1) is 0 Å². The summed E-state index contributed by atoms with van der Waals surface area (Å²) >= 11 is 0. The van der Waals surface area contributed by atoms with Crippen molar-refractivity contribution in [1.82, 2.24) is 0 Å². The molecule has 0 saturated carbocycles. The van der Waals surface area contributed by atoms with Crippen LogP contribution in [0.5, 0.6) is 28.7 Å². The van der Waals surface area contributed by atoms with Crippen LogP contribution in [0.2, 0.25) is 0 Å². The van der Waals surface area contributed by atoms with E-state index in [4.69, 9.17) is 13.9 Å². The highest BCUT2D eigenvalue weighted by molar-refractivity contribution is 5.91. The zero-order chi connectivity index (χ0) is 26.5. The van der Waals surface area contributed by atoms with Gasteiger partial charge >= 0.3 is 5.97 Å². The lowest BCUT2D eigenvalue weighted by atomic mass is 9.89. The predicted molar refractivity (Wildman–Crippen MR) is 118 cm³/mol. The van der Waals surface area contributed by atoms with Gasteiger partial charge in [-0.05, 0) is 19.1 Å². The van der Waals surface area contributed by atoms with E-state index in [2.05, 4.69) is 0 Å². The molecule has 8 N–H and O–H groups in total. The minimum absolute atomic E-state index is 0.0810. The number of hydrogen-bond donors (Lipinski definition) is 8. The molecule has 3 aromatic rings. The number of aromatic hydroxyl groups is 5. The number of carbonyl (C=O) groups excluding carboxylic acids is 1. The Morgan fingerprint density at radius 1 is 0.944 bits per heavy atom. The van der Waals surface area contributed by atoms with Crippen molar-refractivity contribution in [2.24, 2.45) is 0 Å². The van der Waals surface area contributed by atoms with Crippen LogP contribution in [0, 0.1) is 6.92 Å². The number of carbonyl (C=O) groups is 1. The number of aliphatic hydroxyl groups excluding tert-OH is 3. The number of aliphatic hydroxyl groups is 3. The van der Waals surface area contributed by atoms with Crippen molar-refractivity contribution in [3.05, 3.63) is 51.4 Å². The Labute approximate surface area is 201 Å². The summed E-state index contributed by atoms with van der Waals surface area (Å²) in [4.78, 5) is 25.3. The molecule has 0 aliphatic carbocycles. The Bertz CT molecular complexity index is 1370. The van der Waals surface area contributed by atoms with E-state index in [0.717, 1.165) is 24.3 Å². The molecule has 4 rings (SSSR count). The second kappa shape index (κ2) is 9.20. The van der Waals surface area contributed by atoms with E-state index in [1.807, 2.05) is 0 Å². The van der Waals surface area contributed by atoms with E-state index in [0.29, 0.717) is 0 Å². The second-order valence-corrected chi connectivity index (χ2v) is 8.25. The van der Waals surface area contributed by atoms with E-state index < -0.39 is 82.8 Å². The monoisotopic (exact) mass is 506 g/mol. The van der Waals surface area contributed by atoms with E-state index in [9.17, 15) is 50.4 Å². The molecule has 5 atom stereocenters. The van der Waals surface area contributed by atoms with Crippen LogP contribution in [0.3, 0.4) is 0 Å². The van der Waals surface area contributed by atoms with Crippen LogP contribution in [0.25, 0.3) is 11.0 Å². The van der Waals surface area contributed by atoms with Crippen molar-refractivity contribution >= 4 is 16.9 Å². The molecule has 13 heteroatoms. The van der Waals surface area contributed by atoms with Gasteiger partial charge in [-0.2, -0.15) is 0 Å². The van der Waals surface area contributed by atoms with Crippen LogP contribution < -0.4 is 5.43 Å². The normalized spacial score (nSPS) is 24.1. The van der Waals surface area contributed by atoms with Gasteiger partial charge in [0.25, 0.3) is 0 Å². The van der Waals surface area contributed by atoms with Crippen molar-refractivity contribution in [2.75, 3.05) is 6.61 Å². The molecule has 2 aromatic carbocycles. The highest BCUT2D eigenvalue weighted by atomic mass is 16.6. The fraction of sp³-hybridized carbons (Fsp3) is 0.304. The Hall–Kier alpha value is -4.04. The molecule has 1 aromatic heterocycles. The Morgan fingerprint density at radius 2 is 1.58 bits per heavy atom. The van der Waals surface area contributed by atoms with E-state index in [-0.39, 0.29) is 22.3 Å². The van der Waals surface area contributed by atoms with Gasteiger partial charge in [0.15, 0.2) is 34.4 Å². The van der Waals surface area contributed by atoms with Gasteiger partial charge in [-0.1, -0.05) is 0 Å². The maximum atomic E-state index is 12.8. The minimum Gasteiger partial charge on any atom is -0.507 e. The first kappa shape index (κ1) is 25.1. The third-order valence-electron chi connectivity index (χ3n) is 5.82. The van der Waals surface area contributed by atoms with E-state index >= 15 is 0 Å². The summed E-state index contributed by atoms with van der Waals surface area (Å²) in [6.07, 6.45) is -8.58. The molecule has 1 aliphatic rings. The van der Waals surface area contributed by atoms with Crippen LogP contribution in [-0.2, 0) is 9.47 Å². The van der Waals surface area contributed by atoms with Gasteiger partial charge in [0.1, 0.15) is 47.1 Å². The fourth-order valence-electron chi connectivity index (χ4n) is 4.08. The summed E-state index contributed by atoms with van der Waals surface area (Å²) in [5.74, 6) is -5.07. The molecule has 1 saturated heterocycles. The van der Waals surface area contributed by atoms with Crippen molar-refractivity contribution in [3.63, 3.8) is 0 Å². The quantitative estimate of drug-likeness (QED) is 0.172. The van der Waals surface area contributed by atoms with Crippen LogP contribution in [0.1, 0.15) is 27.8 Å². The average Bonchev–Trinajstić information content (AvgIpc) is 2.80. The van der Waals surface area contributed by atoms with Crippen molar-refractivity contribution in [3.8, 4) is 28.7 Å². The third-order valence-corrected chi connectivity index (χ3v) is 5.82. The Kier molecular flexibility index (Phi) is 6.41. The molecule has 1 aliphatic heterocycles. The summed E-state index contributed by atoms with van der Waals surface area (Å²) in [5, 5.41) is 80.2. The van der Waals surface area contributed by atoms with Gasteiger partial charge < -0.3 is 54.7 Å². The van der Waals surface area contributed by atoms with Gasteiger partial charge in [0, 0.05) is 12.1 Å². The molecule has 13 nitrogen and oxygen atoms in total. The SMILES string of the molecule is Cc1cc(=O)c2c(O)cc(O)c(C3OC(CO)C(O)C(O)C3OC(=O)c3cc(O)c(O)c(O)c3)c2o1. The number of esters is 1. The summed E-state index contributed by atoms with van der Waals surface area (Å²) in [7, 11) is 0. The summed E-state index contributed by atoms with van der Waals surface area (Å²) < 4.78 is 16.5. The summed E-state index contributed by atoms with van der Waals surface area (Å²) in [6, 6.07) is 3.44. The largest absolute Gasteiger partial charge is 0.507 e. The number of phenolic OH excluding ortho intramolecular Hbond substituents is 5. The number of ether oxygens (including phenoxy) is 2. The Morgan fingerprint density at radius 3 is 2.19 bits per heavy atom. The smallest absolute Gasteiger partial charge is 0.338 e. The number of phenols is 5. The third kappa shape index (κ3) is 4.13. The number of aryl methyl sites for hydroxylation is 1. The molecule has 36 heavy (non-hydrogen) atoms. The molecule has 192 valence electrons. The maximum absolute atomic E-state index is 12.8. The highest BCUT2D eigenvalue weighted by Crippen LogP contribution is 2.44. The van der Waals surface area contributed by atoms with Gasteiger partial charge in [-0.3, -0.25) is 4.79 Å². The molecular formula is C23H22O13. The van der Waals surface area contributed by atoms with Crippen molar-refractivity contribution in [1.29, 1.82) is 0 Å². The lowest BCUT2D eigenvalue weighted by Crippen LogP contribution is -2.56. The topological polar surface area (TPSA) is 228 Å². The van der Waals surface area contributed by atoms with Crippen LogP contribution in [0.4, 0.5) is 0 Å². The summed E-state index contributed by atoms with van der Waals surface area (Å²) in [6.45, 7) is 0.624. The van der Waals surface area contributed by atoms with E-state index in [1.54, 1.807) is 0 Å². The van der Waals surface area contributed by atoms with E-state index in [1.165, 1.54) is 6.92 Å². The predicted octanol–water partition coefficient (Wildman–Crippen LogP) is 0.00902. The van der Waals surface area contributed by atoms with Crippen LogP contribution in [0.15, 0.2) is 33.5 Å². The lowest BCUT2D eigenvalue weighted by Gasteiger charge is -2.42. The summed E-state index contributed by atoms with van der Waals surface area (Å²) in [5.41, 5.74) is -1.83. The first-order valence-electron chi connectivity index (χ1n) is 10.5. The molecule has 1 fully saturated rings. The first-order chi connectivity index (χ1) is 16.9.